The number of benzene rings is 1. The maximum atomic E-state index is 12.5. The van der Waals surface area contributed by atoms with Crippen molar-refractivity contribution < 1.29 is 28.5 Å². The Morgan fingerprint density at radius 1 is 1.15 bits per heavy atom. The molecule has 1 saturated heterocycles. The van der Waals surface area contributed by atoms with E-state index in [2.05, 4.69) is 0 Å². The van der Waals surface area contributed by atoms with E-state index in [-0.39, 0.29) is 12.7 Å². The van der Waals surface area contributed by atoms with E-state index in [0.29, 0.717) is 31.0 Å². The summed E-state index contributed by atoms with van der Waals surface area (Å²) in [5.41, 5.74) is 1.60. The van der Waals surface area contributed by atoms with Crippen LogP contribution >= 0.6 is 0 Å². The van der Waals surface area contributed by atoms with E-state index >= 15 is 0 Å². The third-order valence-corrected chi connectivity index (χ3v) is 4.35. The largest absolute Gasteiger partial charge is 0.462 e. The fourth-order valence-corrected chi connectivity index (χ4v) is 3.22. The average molecular weight is 375 g/mol. The van der Waals surface area contributed by atoms with Crippen molar-refractivity contribution in [3.63, 3.8) is 0 Å². The fourth-order valence-electron chi connectivity index (χ4n) is 3.22. The minimum absolute atomic E-state index is 0.213. The molecule has 0 aliphatic carbocycles. The molecular formula is C20H25NO6. The number of carbonyl (C=O) groups is 2. The van der Waals surface area contributed by atoms with Gasteiger partial charge in [-0.05, 0) is 45.9 Å². The lowest BCUT2D eigenvalue weighted by molar-refractivity contribution is -0.139. The van der Waals surface area contributed by atoms with Gasteiger partial charge in [0.05, 0.1) is 31.9 Å². The van der Waals surface area contributed by atoms with Crippen molar-refractivity contribution >= 4 is 22.8 Å². The molecule has 1 aliphatic rings. The molecule has 0 amide bonds. The number of aromatic nitrogens is 1. The number of nitrogens with zero attached hydrogens (tertiary/aromatic N) is 1. The summed E-state index contributed by atoms with van der Waals surface area (Å²) in [6.07, 6.45) is -0.213. The molecule has 0 N–H and O–H groups in total. The van der Waals surface area contributed by atoms with Crippen LogP contribution in [-0.4, -0.2) is 48.2 Å². The van der Waals surface area contributed by atoms with Crippen LogP contribution in [-0.2, 0) is 25.5 Å². The average Bonchev–Trinajstić information content (AvgIpc) is 3.15. The SMILES string of the molecule is CCOC(=O)c1ccc2cc(C(=O)OCC)n(CC3COC(C)(C)O3)c2c1. The number of hydrogen-bond donors (Lipinski definition) is 0. The van der Waals surface area contributed by atoms with Crippen molar-refractivity contribution in [2.75, 3.05) is 19.8 Å². The van der Waals surface area contributed by atoms with Gasteiger partial charge < -0.3 is 23.5 Å². The van der Waals surface area contributed by atoms with Crippen LogP contribution in [0, 0.1) is 0 Å². The molecule has 7 nitrogen and oxygen atoms in total. The lowest BCUT2D eigenvalue weighted by Gasteiger charge is -2.18. The van der Waals surface area contributed by atoms with Gasteiger partial charge >= 0.3 is 11.9 Å². The Kier molecular flexibility index (Phi) is 5.53. The zero-order valence-corrected chi connectivity index (χ0v) is 16.1. The van der Waals surface area contributed by atoms with E-state index in [0.717, 1.165) is 10.9 Å². The molecule has 1 aromatic heterocycles. The second kappa shape index (κ2) is 7.70. The molecule has 0 saturated carbocycles. The van der Waals surface area contributed by atoms with Gasteiger partial charge in [0.15, 0.2) is 5.79 Å². The Bertz CT molecular complexity index is 854. The van der Waals surface area contributed by atoms with Crippen molar-refractivity contribution in [3.05, 3.63) is 35.5 Å². The summed E-state index contributed by atoms with van der Waals surface area (Å²) in [7, 11) is 0. The Labute approximate surface area is 158 Å². The van der Waals surface area contributed by atoms with Crippen molar-refractivity contribution in [1.29, 1.82) is 0 Å². The van der Waals surface area contributed by atoms with E-state index in [4.69, 9.17) is 18.9 Å². The van der Waals surface area contributed by atoms with Crippen LogP contribution in [0.25, 0.3) is 10.9 Å². The summed E-state index contributed by atoms with van der Waals surface area (Å²) >= 11 is 0. The van der Waals surface area contributed by atoms with Crippen LogP contribution < -0.4 is 0 Å². The maximum Gasteiger partial charge on any atom is 0.354 e. The molecule has 1 fully saturated rings. The van der Waals surface area contributed by atoms with Gasteiger partial charge in [-0.15, -0.1) is 0 Å². The first-order valence-corrected chi connectivity index (χ1v) is 9.14. The second-order valence-corrected chi connectivity index (χ2v) is 6.81. The van der Waals surface area contributed by atoms with Gasteiger partial charge in [0, 0.05) is 10.9 Å². The van der Waals surface area contributed by atoms with Crippen LogP contribution in [0.4, 0.5) is 0 Å². The molecule has 27 heavy (non-hydrogen) atoms. The van der Waals surface area contributed by atoms with Crippen molar-refractivity contribution in [2.24, 2.45) is 0 Å². The molecule has 1 aliphatic heterocycles. The smallest absolute Gasteiger partial charge is 0.354 e. The molecule has 2 aromatic rings. The Morgan fingerprint density at radius 3 is 2.48 bits per heavy atom. The van der Waals surface area contributed by atoms with Gasteiger partial charge in [-0.1, -0.05) is 6.07 Å². The molecular weight excluding hydrogens is 350 g/mol. The van der Waals surface area contributed by atoms with Crippen LogP contribution in [0.2, 0.25) is 0 Å². The molecule has 1 aromatic carbocycles. The van der Waals surface area contributed by atoms with Gasteiger partial charge in [-0.3, -0.25) is 0 Å². The standard InChI is InChI=1S/C20H25NO6/c1-5-24-18(22)14-8-7-13-9-17(19(23)25-6-2)21(16(13)10-14)11-15-12-26-20(3,4)27-15/h7-10,15H,5-6,11-12H2,1-4H3. The first kappa shape index (κ1) is 19.4. The lowest BCUT2D eigenvalue weighted by Crippen LogP contribution is -2.25. The van der Waals surface area contributed by atoms with E-state index in [9.17, 15) is 9.59 Å². The van der Waals surface area contributed by atoms with Crippen LogP contribution in [0.1, 0.15) is 48.5 Å². The summed E-state index contributed by atoms with van der Waals surface area (Å²) in [5.74, 6) is -1.47. The number of rotatable bonds is 6. The normalized spacial score (nSPS) is 18.6. The lowest BCUT2D eigenvalue weighted by atomic mass is 10.1. The zero-order valence-electron chi connectivity index (χ0n) is 16.1. The van der Waals surface area contributed by atoms with Gasteiger partial charge in [0.2, 0.25) is 0 Å². The number of carbonyl (C=O) groups excluding carboxylic acids is 2. The first-order chi connectivity index (χ1) is 12.8. The quantitative estimate of drug-likeness (QED) is 0.722. The highest BCUT2D eigenvalue weighted by molar-refractivity contribution is 5.99. The van der Waals surface area contributed by atoms with E-state index in [1.807, 2.05) is 18.4 Å². The highest BCUT2D eigenvalue weighted by atomic mass is 16.7. The second-order valence-electron chi connectivity index (χ2n) is 6.81. The Morgan fingerprint density at radius 2 is 1.85 bits per heavy atom. The molecule has 1 unspecified atom stereocenters. The maximum absolute atomic E-state index is 12.5. The molecule has 2 heterocycles. The number of esters is 2. The van der Waals surface area contributed by atoms with E-state index < -0.39 is 17.7 Å². The van der Waals surface area contributed by atoms with Crippen molar-refractivity contribution in [1.82, 2.24) is 4.57 Å². The molecule has 1 atom stereocenters. The molecule has 0 radical (unpaired) electrons. The number of fused-ring (bicyclic) bond motifs is 1. The highest BCUT2D eigenvalue weighted by Crippen LogP contribution is 2.27. The molecule has 3 rings (SSSR count). The summed E-state index contributed by atoms with van der Waals surface area (Å²) in [5, 5.41) is 0.837. The van der Waals surface area contributed by atoms with Crippen LogP contribution in [0.5, 0.6) is 0 Å². The highest BCUT2D eigenvalue weighted by Gasteiger charge is 2.33. The number of hydrogen-bond acceptors (Lipinski definition) is 6. The third-order valence-electron chi connectivity index (χ3n) is 4.35. The van der Waals surface area contributed by atoms with E-state index in [1.54, 1.807) is 38.1 Å². The van der Waals surface area contributed by atoms with Gasteiger partial charge in [0.1, 0.15) is 11.8 Å². The molecule has 0 bridgehead atoms. The van der Waals surface area contributed by atoms with Gasteiger partial charge in [-0.25, -0.2) is 9.59 Å². The van der Waals surface area contributed by atoms with Crippen LogP contribution in [0.3, 0.4) is 0 Å². The van der Waals surface area contributed by atoms with Crippen molar-refractivity contribution in [2.45, 2.75) is 46.1 Å². The number of ether oxygens (including phenoxy) is 4. The minimum atomic E-state index is -0.659. The Hall–Kier alpha value is -2.38. The topological polar surface area (TPSA) is 76.0 Å². The minimum Gasteiger partial charge on any atom is -0.462 e. The predicted molar refractivity (Wildman–Crippen MR) is 98.8 cm³/mol. The fraction of sp³-hybridized carbons (Fsp3) is 0.500. The summed E-state index contributed by atoms with van der Waals surface area (Å²) < 4.78 is 23.6. The van der Waals surface area contributed by atoms with Crippen LogP contribution in [0.15, 0.2) is 24.3 Å². The van der Waals surface area contributed by atoms with Crippen molar-refractivity contribution in [3.8, 4) is 0 Å². The Balaban J connectivity index is 2.02. The monoisotopic (exact) mass is 375 g/mol. The first-order valence-electron chi connectivity index (χ1n) is 9.14. The molecule has 0 spiro atoms. The summed E-state index contributed by atoms with van der Waals surface area (Å²) in [6, 6.07) is 6.99. The van der Waals surface area contributed by atoms with E-state index in [1.165, 1.54) is 0 Å². The molecule has 7 heteroatoms. The predicted octanol–water partition coefficient (Wildman–Crippen LogP) is 3.15. The summed E-state index contributed by atoms with van der Waals surface area (Å²) in [6.45, 7) is 8.65. The third kappa shape index (κ3) is 4.14. The molecule has 146 valence electrons. The van der Waals surface area contributed by atoms with Gasteiger partial charge in [-0.2, -0.15) is 0 Å². The summed E-state index contributed by atoms with van der Waals surface area (Å²) in [4.78, 5) is 24.6. The van der Waals surface area contributed by atoms with Gasteiger partial charge in [0.25, 0.3) is 0 Å². The zero-order chi connectivity index (χ0) is 19.6.